The number of hydrogen-bond donors (Lipinski definition) is 1. The zero-order chi connectivity index (χ0) is 20.7. The summed E-state index contributed by atoms with van der Waals surface area (Å²) in [6.07, 6.45) is 4.43. The van der Waals surface area contributed by atoms with Crippen molar-refractivity contribution in [3.63, 3.8) is 0 Å². The summed E-state index contributed by atoms with van der Waals surface area (Å²) in [7, 11) is 0. The van der Waals surface area contributed by atoms with Crippen LogP contribution >= 0.6 is 24.0 Å². The number of benzene rings is 1. The van der Waals surface area contributed by atoms with Crippen molar-refractivity contribution in [3.8, 4) is 5.69 Å². The summed E-state index contributed by atoms with van der Waals surface area (Å²) >= 11 is 6.31. The molecule has 160 valence electrons. The highest BCUT2D eigenvalue weighted by atomic mass is 35.5. The molecule has 4 aromatic rings. The van der Waals surface area contributed by atoms with Gasteiger partial charge >= 0.3 is 0 Å². The van der Waals surface area contributed by atoms with Crippen LogP contribution < -0.4 is 11.1 Å². The second-order valence-corrected chi connectivity index (χ2v) is 7.91. The van der Waals surface area contributed by atoms with E-state index in [9.17, 15) is 9.59 Å². The number of pyridine rings is 2. The predicted octanol–water partition coefficient (Wildman–Crippen LogP) is 3.36. The van der Waals surface area contributed by atoms with Crippen molar-refractivity contribution in [2.75, 3.05) is 6.54 Å². The fourth-order valence-electron chi connectivity index (χ4n) is 4.15. The molecule has 0 amide bonds. The minimum Gasteiger partial charge on any atom is -0.310 e. The van der Waals surface area contributed by atoms with Gasteiger partial charge in [-0.2, -0.15) is 0 Å². The topological polar surface area (TPSA) is 75.9 Å². The van der Waals surface area contributed by atoms with Crippen molar-refractivity contribution >= 4 is 34.9 Å². The third-order valence-electron chi connectivity index (χ3n) is 5.52. The minimum absolute atomic E-state index is 0. The van der Waals surface area contributed by atoms with Gasteiger partial charge in [0.05, 0.1) is 27.3 Å². The van der Waals surface area contributed by atoms with Gasteiger partial charge in [-0.1, -0.05) is 29.8 Å². The van der Waals surface area contributed by atoms with Gasteiger partial charge in [0.25, 0.3) is 11.1 Å². The van der Waals surface area contributed by atoms with Gasteiger partial charge in [0, 0.05) is 44.6 Å². The average molecular weight is 458 g/mol. The highest BCUT2D eigenvalue weighted by Crippen LogP contribution is 2.22. The average Bonchev–Trinajstić information content (AvgIpc) is 2.92. The molecular formula is C22H21Cl2N5O2. The number of halogens is 2. The summed E-state index contributed by atoms with van der Waals surface area (Å²) in [6.45, 7) is 2.64. The van der Waals surface area contributed by atoms with E-state index in [0.29, 0.717) is 41.2 Å². The van der Waals surface area contributed by atoms with Crippen molar-refractivity contribution in [3.05, 3.63) is 91.8 Å². The van der Waals surface area contributed by atoms with E-state index in [-0.39, 0.29) is 23.5 Å². The van der Waals surface area contributed by atoms with Crippen molar-refractivity contribution in [2.24, 2.45) is 0 Å². The Morgan fingerprint density at radius 2 is 1.94 bits per heavy atom. The molecule has 31 heavy (non-hydrogen) atoms. The van der Waals surface area contributed by atoms with E-state index in [1.807, 2.05) is 30.5 Å². The number of fused-ring (bicyclic) bond motifs is 3. The van der Waals surface area contributed by atoms with Gasteiger partial charge in [-0.15, -0.1) is 12.4 Å². The maximum atomic E-state index is 13.4. The van der Waals surface area contributed by atoms with Gasteiger partial charge in [0.2, 0.25) is 0 Å². The Morgan fingerprint density at radius 3 is 2.71 bits per heavy atom. The first-order valence-corrected chi connectivity index (χ1v) is 10.2. The van der Waals surface area contributed by atoms with Crippen molar-refractivity contribution in [1.29, 1.82) is 0 Å². The molecule has 9 heteroatoms. The van der Waals surface area contributed by atoms with Gasteiger partial charge in [-0.05, 0) is 30.2 Å². The normalized spacial score (nSPS) is 14.1. The van der Waals surface area contributed by atoms with Gasteiger partial charge in [-0.25, -0.2) is 4.68 Å². The summed E-state index contributed by atoms with van der Waals surface area (Å²) < 4.78 is 3.15. The third-order valence-corrected chi connectivity index (χ3v) is 5.84. The molecule has 0 atom stereocenters. The summed E-state index contributed by atoms with van der Waals surface area (Å²) in [4.78, 5) is 32.6. The number of aromatic amines is 1. The maximum absolute atomic E-state index is 13.4. The van der Waals surface area contributed by atoms with Gasteiger partial charge in [-0.3, -0.25) is 24.6 Å². The van der Waals surface area contributed by atoms with Crippen LogP contribution in [0.25, 0.3) is 16.6 Å². The van der Waals surface area contributed by atoms with E-state index >= 15 is 0 Å². The Kier molecular flexibility index (Phi) is 6.00. The lowest BCUT2D eigenvalue weighted by molar-refractivity contribution is 0.261. The number of nitrogens with zero attached hydrogens (tertiary/aromatic N) is 4. The smallest absolute Gasteiger partial charge is 0.280 e. The molecule has 1 aliphatic rings. The Morgan fingerprint density at radius 1 is 1.10 bits per heavy atom. The van der Waals surface area contributed by atoms with Crippen LogP contribution in [0.2, 0.25) is 5.02 Å². The first kappa shape index (κ1) is 21.4. The molecule has 5 rings (SSSR count). The molecule has 0 unspecified atom stereocenters. The molecule has 1 aromatic carbocycles. The van der Waals surface area contributed by atoms with E-state index in [4.69, 9.17) is 11.6 Å². The molecule has 1 N–H and O–H groups in total. The van der Waals surface area contributed by atoms with Crippen LogP contribution in [0.1, 0.15) is 17.7 Å². The standard InChI is InChI=1S/C22H20ClN5O2.ClH/c23-16-6-1-2-7-18(16)28-22(30)21-17(25-28)11-20(29)27-10-4-9-26(14-19(21)27)13-15-5-3-8-24-12-15;/h1-3,5-8,11-12,25H,4,9-10,13-14H2;1H. The van der Waals surface area contributed by atoms with Gasteiger partial charge < -0.3 is 4.57 Å². The Labute approximate surface area is 189 Å². The lowest BCUT2D eigenvalue weighted by Gasteiger charge is -2.20. The molecule has 0 aliphatic carbocycles. The Bertz CT molecular complexity index is 1340. The maximum Gasteiger partial charge on any atom is 0.280 e. The quantitative estimate of drug-likeness (QED) is 0.511. The van der Waals surface area contributed by atoms with Crippen LogP contribution in [0.3, 0.4) is 0 Å². The Hall–Kier alpha value is -2.87. The summed E-state index contributed by atoms with van der Waals surface area (Å²) in [5, 5.41) is 4.07. The number of aromatic nitrogens is 4. The number of para-hydroxylation sites is 1. The molecule has 0 bridgehead atoms. The molecule has 1 aliphatic heterocycles. The van der Waals surface area contributed by atoms with Crippen LogP contribution in [0.15, 0.2) is 64.4 Å². The second kappa shape index (κ2) is 8.70. The van der Waals surface area contributed by atoms with Crippen LogP contribution in [0, 0.1) is 0 Å². The monoisotopic (exact) mass is 457 g/mol. The molecule has 0 spiro atoms. The summed E-state index contributed by atoms with van der Waals surface area (Å²) in [6, 6.07) is 12.6. The molecule has 0 saturated heterocycles. The molecule has 0 radical (unpaired) electrons. The highest BCUT2D eigenvalue weighted by molar-refractivity contribution is 6.32. The summed E-state index contributed by atoms with van der Waals surface area (Å²) in [5.74, 6) is 0. The van der Waals surface area contributed by atoms with Crippen molar-refractivity contribution < 1.29 is 0 Å². The molecule has 0 saturated carbocycles. The second-order valence-electron chi connectivity index (χ2n) is 7.50. The van der Waals surface area contributed by atoms with E-state index < -0.39 is 0 Å². The van der Waals surface area contributed by atoms with Crippen molar-refractivity contribution in [2.45, 2.75) is 26.1 Å². The molecule has 3 aromatic heterocycles. The van der Waals surface area contributed by atoms with Crippen LogP contribution in [-0.2, 0) is 19.6 Å². The van der Waals surface area contributed by atoms with E-state index in [1.165, 1.54) is 10.7 Å². The number of hydrogen-bond acceptors (Lipinski definition) is 4. The number of H-pyrrole nitrogens is 1. The van der Waals surface area contributed by atoms with Gasteiger partial charge in [0.15, 0.2) is 0 Å². The van der Waals surface area contributed by atoms with Crippen LogP contribution in [0.5, 0.6) is 0 Å². The first-order chi connectivity index (χ1) is 14.6. The fourth-order valence-corrected chi connectivity index (χ4v) is 4.37. The largest absolute Gasteiger partial charge is 0.310 e. The SMILES string of the molecule is Cl.O=c1c2c3n(c(=O)cc2[nH]n1-c1ccccc1Cl)CCCN(Cc1cccnc1)C3. The lowest BCUT2D eigenvalue weighted by Crippen LogP contribution is -2.27. The van der Waals surface area contributed by atoms with Crippen LogP contribution in [-0.4, -0.2) is 30.8 Å². The molecule has 7 nitrogen and oxygen atoms in total. The fraction of sp³-hybridized carbons (Fsp3) is 0.227. The predicted molar refractivity (Wildman–Crippen MR) is 123 cm³/mol. The zero-order valence-corrected chi connectivity index (χ0v) is 18.2. The summed E-state index contributed by atoms with van der Waals surface area (Å²) in [5.41, 5.74) is 2.62. The van der Waals surface area contributed by atoms with Crippen molar-refractivity contribution in [1.82, 2.24) is 24.2 Å². The number of nitrogens with one attached hydrogen (secondary N) is 1. The molecule has 0 fully saturated rings. The Balaban J connectivity index is 0.00000231. The van der Waals surface area contributed by atoms with E-state index in [1.54, 1.807) is 22.9 Å². The highest BCUT2D eigenvalue weighted by Gasteiger charge is 2.22. The van der Waals surface area contributed by atoms with Gasteiger partial charge in [0.1, 0.15) is 0 Å². The molecule has 4 heterocycles. The lowest BCUT2D eigenvalue weighted by atomic mass is 10.2. The number of rotatable bonds is 3. The zero-order valence-electron chi connectivity index (χ0n) is 16.6. The van der Waals surface area contributed by atoms with Crippen LogP contribution in [0.4, 0.5) is 0 Å². The third kappa shape index (κ3) is 3.92. The van der Waals surface area contributed by atoms with E-state index in [2.05, 4.69) is 15.0 Å². The minimum atomic E-state index is -0.204. The first-order valence-electron chi connectivity index (χ1n) is 9.85. The molecular weight excluding hydrogens is 437 g/mol. The van der Waals surface area contributed by atoms with E-state index in [0.717, 1.165) is 24.2 Å².